The molecule has 2 nitrogen and oxygen atoms in total. The predicted molar refractivity (Wildman–Crippen MR) is 49.7 cm³/mol. The molecular weight excluding hydrogens is 255 g/mol. The summed E-state index contributed by atoms with van der Waals surface area (Å²) in [6.45, 7) is 0. The van der Waals surface area contributed by atoms with Crippen molar-refractivity contribution in [3.05, 3.63) is 0 Å². The summed E-state index contributed by atoms with van der Waals surface area (Å²) >= 11 is 2.51. The van der Waals surface area contributed by atoms with Gasteiger partial charge in [-0.15, -0.1) is 0 Å². The van der Waals surface area contributed by atoms with Gasteiger partial charge >= 0.3 is 5.97 Å². The second-order valence-electron chi connectivity index (χ2n) is 3.93. The fourth-order valence-corrected chi connectivity index (χ4v) is 4.85. The molecule has 3 heteroatoms. The highest BCUT2D eigenvalue weighted by Gasteiger charge is 2.66. The van der Waals surface area contributed by atoms with Crippen molar-refractivity contribution in [2.75, 3.05) is 7.11 Å². The Kier molecular flexibility index (Phi) is 1.51. The molecule has 3 saturated carbocycles. The zero-order chi connectivity index (χ0) is 8.11. The Labute approximate surface area is 79.8 Å². The van der Waals surface area contributed by atoms with Crippen LogP contribution >= 0.6 is 22.6 Å². The monoisotopic (exact) mass is 266 g/mol. The lowest BCUT2D eigenvalue weighted by Gasteiger charge is -2.68. The van der Waals surface area contributed by atoms with Crippen LogP contribution in [0, 0.1) is 5.41 Å². The van der Waals surface area contributed by atoms with Crippen molar-refractivity contribution in [1.82, 2.24) is 0 Å². The first-order valence-electron chi connectivity index (χ1n) is 3.83. The first kappa shape index (κ1) is 7.83. The zero-order valence-corrected chi connectivity index (χ0v) is 8.68. The summed E-state index contributed by atoms with van der Waals surface area (Å²) in [6, 6.07) is 0. The molecule has 0 N–H and O–H groups in total. The molecule has 0 unspecified atom stereocenters. The molecule has 0 aromatic rings. The van der Waals surface area contributed by atoms with Gasteiger partial charge in [0.25, 0.3) is 0 Å². The molecule has 2 bridgehead atoms. The summed E-state index contributed by atoms with van der Waals surface area (Å²) in [4.78, 5) is 10.9. The normalized spacial score (nSPS) is 45.6. The smallest absolute Gasteiger partial charge is 0.306 e. The van der Waals surface area contributed by atoms with Gasteiger partial charge in [-0.25, -0.2) is 0 Å². The van der Waals surface area contributed by atoms with Gasteiger partial charge in [0.15, 0.2) is 0 Å². The number of alkyl halides is 1. The van der Waals surface area contributed by atoms with Gasteiger partial charge in [-0.1, -0.05) is 22.6 Å². The van der Waals surface area contributed by atoms with E-state index in [1.54, 1.807) is 0 Å². The van der Waals surface area contributed by atoms with Crippen LogP contribution in [0.15, 0.2) is 0 Å². The van der Waals surface area contributed by atoms with Crippen LogP contribution in [0.2, 0.25) is 0 Å². The van der Waals surface area contributed by atoms with Crippen molar-refractivity contribution in [2.45, 2.75) is 29.1 Å². The third-order valence-electron chi connectivity index (χ3n) is 2.82. The summed E-state index contributed by atoms with van der Waals surface area (Å²) in [7, 11) is 1.47. The Hall–Kier alpha value is 0.200. The molecule has 0 spiro atoms. The number of rotatable bonds is 2. The second kappa shape index (κ2) is 2.12. The molecule has 0 saturated heterocycles. The maximum atomic E-state index is 10.9. The fourth-order valence-electron chi connectivity index (χ4n) is 2.43. The topological polar surface area (TPSA) is 26.3 Å². The molecule has 0 radical (unpaired) electrons. The lowest BCUT2D eigenvalue weighted by atomic mass is 9.43. The fraction of sp³-hybridized carbons (Fsp3) is 0.875. The van der Waals surface area contributed by atoms with Gasteiger partial charge < -0.3 is 4.74 Å². The van der Waals surface area contributed by atoms with Gasteiger partial charge in [-0.2, -0.15) is 0 Å². The van der Waals surface area contributed by atoms with Gasteiger partial charge in [0.1, 0.15) is 0 Å². The summed E-state index contributed by atoms with van der Waals surface area (Å²) in [5, 5.41) is 0. The molecule has 0 atom stereocenters. The van der Waals surface area contributed by atoms with E-state index in [-0.39, 0.29) is 5.97 Å². The van der Waals surface area contributed by atoms with Crippen molar-refractivity contribution in [3.63, 3.8) is 0 Å². The van der Waals surface area contributed by atoms with Crippen molar-refractivity contribution in [2.24, 2.45) is 5.41 Å². The van der Waals surface area contributed by atoms with Gasteiger partial charge in [0.2, 0.25) is 0 Å². The van der Waals surface area contributed by atoms with Crippen LogP contribution in [0.1, 0.15) is 25.7 Å². The van der Waals surface area contributed by atoms with Gasteiger partial charge in [-0.05, 0) is 24.7 Å². The molecule has 11 heavy (non-hydrogen) atoms. The molecule has 0 aromatic heterocycles. The molecule has 0 aromatic carbocycles. The van der Waals surface area contributed by atoms with Crippen LogP contribution in [-0.4, -0.2) is 16.5 Å². The molecule has 0 amide bonds. The van der Waals surface area contributed by atoms with Gasteiger partial charge in [0, 0.05) is 3.42 Å². The molecular formula is C8H11IO2. The van der Waals surface area contributed by atoms with E-state index in [0.29, 0.717) is 15.3 Å². The quantitative estimate of drug-likeness (QED) is 0.433. The predicted octanol–water partition coefficient (Wildman–Crippen LogP) is 1.91. The minimum Gasteiger partial charge on any atom is -0.469 e. The molecule has 3 rings (SSSR count). The van der Waals surface area contributed by atoms with E-state index < -0.39 is 0 Å². The number of carbonyl (C=O) groups excluding carboxylic acids is 1. The number of carbonyl (C=O) groups is 1. The molecule has 3 aliphatic carbocycles. The minimum atomic E-state index is -0.0387. The van der Waals surface area contributed by atoms with Crippen molar-refractivity contribution < 1.29 is 9.53 Å². The van der Waals surface area contributed by atoms with Crippen LogP contribution < -0.4 is 0 Å². The Morgan fingerprint density at radius 1 is 1.55 bits per heavy atom. The Bertz CT molecular complexity index is 192. The maximum Gasteiger partial charge on any atom is 0.306 e. The van der Waals surface area contributed by atoms with E-state index in [0.717, 1.165) is 0 Å². The number of ether oxygens (including phenoxy) is 1. The number of methoxy groups -OCH3 is 1. The van der Waals surface area contributed by atoms with Crippen LogP contribution in [0.4, 0.5) is 0 Å². The summed E-state index contributed by atoms with van der Waals surface area (Å²) in [5.74, 6) is -0.0387. The first-order chi connectivity index (χ1) is 5.08. The van der Waals surface area contributed by atoms with Crippen LogP contribution in [-0.2, 0) is 9.53 Å². The molecule has 0 heterocycles. The number of halogens is 1. The number of hydrogen-bond donors (Lipinski definition) is 0. The Morgan fingerprint density at radius 3 is 2.45 bits per heavy atom. The Morgan fingerprint density at radius 2 is 2.09 bits per heavy atom. The van der Waals surface area contributed by atoms with E-state index in [9.17, 15) is 4.79 Å². The lowest BCUT2D eigenvalue weighted by Crippen LogP contribution is -2.63. The second-order valence-corrected chi connectivity index (χ2v) is 6.22. The third kappa shape index (κ3) is 1.08. The highest BCUT2D eigenvalue weighted by Crippen LogP contribution is 2.73. The van der Waals surface area contributed by atoms with E-state index in [2.05, 4.69) is 27.3 Å². The highest BCUT2D eigenvalue weighted by molar-refractivity contribution is 14.1. The van der Waals surface area contributed by atoms with Crippen molar-refractivity contribution >= 4 is 28.6 Å². The summed E-state index contributed by atoms with van der Waals surface area (Å²) < 4.78 is 5.21. The number of esters is 1. The van der Waals surface area contributed by atoms with Crippen molar-refractivity contribution in [3.8, 4) is 0 Å². The SMILES string of the molecule is COC(=O)CC12CC(I)(C1)C2. The van der Waals surface area contributed by atoms with Crippen LogP contribution in [0.5, 0.6) is 0 Å². The molecule has 3 fully saturated rings. The van der Waals surface area contributed by atoms with E-state index in [4.69, 9.17) is 0 Å². The standard InChI is InChI=1S/C8H11IO2/c1-11-6(10)2-7-3-8(9,4-7)5-7/h2-5H2,1H3. The Balaban J connectivity index is 1.86. The number of hydrogen-bond acceptors (Lipinski definition) is 2. The molecule has 62 valence electrons. The molecule has 3 aliphatic rings. The first-order valence-corrected chi connectivity index (χ1v) is 4.91. The van der Waals surface area contributed by atoms with Crippen molar-refractivity contribution in [1.29, 1.82) is 0 Å². The highest BCUT2D eigenvalue weighted by atomic mass is 127. The van der Waals surface area contributed by atoms with Gasteiger partial charge in [-0.3, -0.25) is 4.79 Å². The lowest BCUT2D eigenvalue weighted by molar-refractivity contribution is -0.154. The van der Waals surface area contributed by atoms with E-state index in [1.165, 1.54) is 26.4 Å². The third-order valence-corrected chi connectivity index (χ3v) is 3.97. The van der Waals surface area contributed by atoms with E-state index in [1.807, 2.05) is 0 Å². The summed E-state index contributed by atoms with van der Waals surface area (Å²) in [6.07, 6.45) is 4.34. The molecule has 0 aliphatic heterocycles. The average molecular weight is 266 g/mol. The van der Waals surface area contributed by atoms with Gasteiger partial charge in [0.05, 0.1) is 13.5 Å². The maximum absolute atomic E-state index is 10.9. The average Bonchev–Trinajstić information content (AvgIpc) is 1.82. The largest absolute Gasteiger partial charge is 0.469 e. The minimum absolute atomic E-state index is 0.0387. The summed E-state index contributed by atoms with van der Waals surface area (Å²) in [5.41, 5.74) is 0.369. The van der Waals surface area contributed by atoms with E-state index >= 15 is 0 Å². The zero-order valence-electron chi connectivity index (χ0n) is 6.52. The van der Waals surface area contributed by atoms with Crippen LogP contribution in [0.25, 0.3) is 0 Å². The van der Waals surface area contributed by atoms with Crippen LogP contribution in [0.3, 0.4) is 0 Å².